The molecular weight excluding hydrogens is 256 g/mol. The largest absolute Gasteiger partial charge is 0.481 e. The van der Waals surface area contributed by atoms with Gasteiger partial charge >= 0.3 is 5.97 Å². The second-order valence-corrected chi connectivity index (χ2v) is 6.85. The highest BCUT2D eigenvalue weighted by Crippen LogP contribution is 2.26. The van der Waals surface area contributed by atoms with E-state index in [1.165, 1.54) is 8.61 Å². The van der Waals surface area contributed by atoms with Crippen molar-refractivity contribution >= 4 is 16.2 Å². The number of nitrogens with zero attached hydrogens (tertiary/aromatic N) is 2. The summed E-state index contributed by atoms with van der Waals surface area (Å²) in [6, 6.07) is -0.373. The van der Waals surface area contributed by atoms with Gasteiger partial charge in [0.2, 0.25) is 0 Å². The second kappa shape index (κ2) is 5.54. The van der Waals surface area contributed by atoms with Gasteiger partial charge in [-0.05, 0) is 25.7 Å². The summed E-state index contributed by atoms with van der Waals surface area (Å²) in [7, 11) is -3.45. The third-order valence-corrected chi connectivity index (χ3v) is 5.76. The smallest absolute Gasteiger partial charge is 0.304 e. The van der Waals surface area contributed by atoms with Gasteiger partial charge in [0.1, 0.15) is 0 Å². The zero-order chi connectivity index (χ0) is 13.2. The lowest BCUT2D eigenvalue weighted by Crippen LogP contribution is -2.50. The van der Waals surface area contributed by atoms with Crippen molar-refractivity contribution < 1.29 is 18.3 Å². The fraction of sp³-hybridized carbons (Fsp3) is 0.909. The molecule has 2 rings (SSSR count). The van der Waals surface area contributed by atoms with Crippen LogP contribution in [0.4, 0.5) is 0 Å². The maximum atomic E-state index is 12.4. The SMILES string of the molecule is O=C(O)CC1CCCCN1S(=O)(=O)N1CCCC1. The molecule has 2 aliphatic rings. The number of hydrogen-bond acceptors (Lipinski definition) is 3. The molecule has 0 aliphatic carbocycles. The van der Waals surface area contributed by atoms with E-state index in [9.17, 15) is 13.2 Å². The van der Waals surface area contributed by atoms with E-state index in [2.05, 4.69) is 0 Å². The molecule has 7 heteroatoms. The van der Waals surface area contributed by atoms with Gasteiger partial charge in [-0.1, -0.05) is 6.42 Å². The van der Waals surface area contributed by atoms with Crippen molar-refractivity contribution in [3.63, 3.8) is 0 Å². The Balaban J connectivity index is 2.14. The molecule has 1 unspecified atom stereocenters. The Bertz CT molecular complexity index is 403. The summed E-state index contributed by atoms with van der Waals surface area (Å²) in [4.78, 5) is 10.8. The van der Waals surface area contributed by atoms with Crippen molar-refractivity contribution in [2.24, 2.45) is 0 Å². The molecule has 0 radical (unpaired) electrons. The molecule has 2 saturated heterocycles. The summed E-state index contributed by atoms with van der Waals surface area (Å²) in [6.07, 6.45) is 4.09. The number of aliphatic carboxylic acids is 1. The van der Waals surface area contributed by atoms with Crippen LogP contribution in [0.15, 0.2) is 0 Å². The van der Waals surface area contributed by atoms with Crippen molar-refractivity contribution in [1.82, 2.24) is 8.61 Å². The number of carboxylic acids is 1. The van der Waals surface area contributed by atoms with Gasteiger partial charge in [0.15, 0.2) is 0 Å². The van der Waals surface area contributed by atoms with Crippen LogP contribution in [0.25, 0.3) is 0 Å². The minimum absolute atomic E-state index is 0.0902. The number of rotatable bonds is 4. The maximum Gasteiger partial charge on any atom is 0.304 e. The van der Waals surface area contributed by atoms with Gasteiger partial charge in [0.05, 0.1) is 6.42 Å². The first kappa shape index (κ1) is 13.8. The Labute approximate surface area is 108 Å². The molecule has 2 fully saturated rings. The van der Waals surface area contributed by atoms with E-state index in [4.69, 9.17) is 5.11 Å². The van der Waals surface area contributed by atoms with Gasteiger partial charge in [-0.2, -0.15) is 17.0 Å². The second-order valence-electron chi connectivity index (χ2n) is 4.97. The molecule has 104 valence electrons. The minimum Gasteiger partial charge on any atom is -0.481 e. The molecular formula is C11H20N2O4S. The van der Waals surface area contributed by atoms with Crippen LogP contribution in [0.2, 0.25) is 0 Å². The van der Waals surface area contributed by atoms with Crippen LogP contribution in [0, 0.1) is 0 Å². The maximum absolute atomic E-state index is 12.4. The first-order chi connectivity index (χ1) is 8.51. The lowest BCUT2D eigenvalue weighted by molar-refractivity contribution is -0.138. The third-order valence-electron chi connectivity index (χ3n) is 3.67. The van der Waals surface area contributed by atoms with E-state index in [0.29, 0.717) is 26.1 Å². The highest BCUT2D eigenvalue weighted by atomic mass is 32.2. The van der Waals surface area contributed by atoms with Gasteiger partial charge in [-0.25, -0.2) is 0 Å². The Kier molecular flexibility index (Phi) is 4.24. The molecule has 2 heterocycles. The van der Waals surface area contributed by atoms with Crippen molar-refractivity contribution in [3.8, 4) is 0 Å². The summed E-state index contributed by atoms with van der Waals surface area (Å²) >= 11 is 0. The van der Waals surface area contributed by atoms with Gasteiger partial charge < -0.3 is 5.11 Å². The fourth-order valence-corrected chi connectivity index (χ4v) is 4.68. The van der Waals surface area contributed by atoms with Crippen LogP contribution in [0.1, 0.15) is 38.5 Å². The zero-order valence-electron chi connectivity index (χ0n) is 10.4. The molecule has 0 amide bonds. The number of hydrogen-bond donors (Lipinski definition) is 1. The normalized spacial score (nSPS) is 27.4. The Hall–Kier alpha value is -0.660. The Morgan fingerprint density at radius 3 is 2.33 bits per heavy atom. The van der Waals surface area contributed by atoms with E-state index >= 15 is 0 Å². The summed E-state index contributed by atoms with van der Waals surface area (Å²) < 4.78 is 27.8. The molecule has 18 heavy (non-hydrogen) atoms. The number of piperidine rings is 1. The first-order valence-corrected chi connectivity index (χ1v) is 7.90. The zero-order valence-corrected chi connectivity index (χ0v) is 11.2. The molecule has 2 aliphatic heterocycles. The highest BCUT2D eigenvalue weighted by molar-refractivity contribution is 7.86. The van der Waals surface area contributed by atoms with Crippen LogP contribution >= 0.6 is 0 Å². The van der Waals surface area contributed by atoms with Gasteiger partial charge in [-0.15, -0.1) is 0 Å². The van der Waals surface area contributed by atoms with Gasteiger partial charge in [0, 0.05) is 25.7 Å². The summed E-state index contributed by atoms with van der Waals surface area (Å²) in [5.74, 6) is -0.927. The minimum atomic E-state index is -3.45. The van der Waals surface area contributed by atoms with E-state index in [1.807, 2.05) is 0 Å². The lowest BCUT2D eigenvalue weighted by atomic mass is 10.0. The molecule has 1 atom stereocenters. The van der Waals surface area contributed by atoms with Crippen LogP contribution in [0.5, 0.6) is 0 Å². The average Bonchev–Trinajstić information content (AvgIpc) is 2.82. The van der Waals surface area contributed by atoms with Crippen LogP contribution in [0.3, 0.4) is 0 Å². The Morgan fingerprint density at radius 1 is 1.11 bits per heavy atom. The quantitative estimate of drug-likeness (QED) is 0.818. The molecule has 0 saturated carbocycles. The lowest BCUT2D eigenvalue weighted by Gasteiger charge is -2.36. The Morgan fingerprint density at radius 2 is 1.72 bits per heavy atom. The van der Waals surface area contributed by atoms with Crippen molar-refractivity contribution in [2.45, 2.75) is 44.6 Å². The van der Waals surface area contributed by atoms with Gasteiger partial charge in [0.25, 0.3) is 10.2 Å². The summed E-state index contributed by atoms with van der Waals surface area (Å²) in [5.41, 5.74) is 0. The van der Waals surface area contributed by atoms with Crippen LogP contribution in [-0.2, 0) is 15.0 Å². The van der Waals surface area contributed by atoms with Crippen LogP contribution < -0.4 is 0 Å². The van der Waals surface area contributed by atoms with Crippen molar-refractivity contribution in [3.05, 3.63) is 0 Å². The molecule has 0 aromatic heterocycles. The van der Waals surface area contributed by atoms with Crippen LogP contribution in [-0.4, -0.2) is 53.8 Å². The number of carboxylic acid groups (broad SMARTS) is 1. The predicted octanol–water partition coefficient (Wildman–Crippen LogP) is 0.656. The monoisotopic (exact) mass is 276 g/mol. The predicted molar refractivity (Wildman–Crippen MR) is 66.3 cm³/mol. The molecule has 0 spiro atoms. The van der Waals surface area contributed by atoms with E-state index < -0.39 is 16.2 Å². The van der Waals surface area contributed by atoms with E-state index in [-0.39, 0.29) is 12.5 Å². The highest BCUT2D eigenvalue weighted by Gasteiger charge is 2.38. The average molecular weight is 276 g/mol. The number of carbonyl (C=O) groups is 1. The molecule has 1 N–H and O–H groups in total. The fourth-order valence-electron chi connectivity index (χ4n) is 2.75. The molecule has 0 aromatic carbocycles. The topological polar surface area (TPSA) is 77.9 Å². The first-order valence-electron chi connectivity index (χ1n) is 6.50. The summed E-state index contributed by atoms with van der Waals surface area (Å²) in [6.45, 7) is 1.59. The molecule has 6 nitrogen and oxygen atoms in total. The molecule has 0 bridgehead atoms. The molecule has 0 aromatic rings. The third kappa shape index (κ3) is 2.84. The van der Waals surface area contributed by atoms with Gasteiger partial charge in [-0.3, -0.25) is 4.79 Å². The van der Waals surface area contributed by atoms with Crippen molar-refractivity contribution in [1.29, 1.82) is 0 Å². The van der Waals surface area contributed by atoms with E-state index in [0.717, 1.165) is 25.7 Å². The summed E-state index contributed by atoms with van der Waals surface area (Å²) in [5, 5.41) is 8.88. The van der Waals surface area contributed by atoms with Crippen molar-refractivity contribution in [2.75, 3.05) is 19.6 Å². The van der Waals surface area contributed by atoms with E-state index in [1.54, 1.807) is 0 Å². The standard InChI is InChI=1S/C11H20N2O4S/c14-11(15)9-10-5-1-2-8-13(10)18(16,17)12-6-3-4-7-12/h10H,1-9H2,(H,14,15).